The zero-order chi connectivity index (χ0) is 19.4. The molecule has 27 heavy (non-hydrogen) atoms. The smallest absolute Gasteiger partial charge is 0.293 e. The minimum Gasteiger partial charge on any atom is -0.376 e. The number of amides is 1. The summed E-state index contributed by atoms with van der Waals surface area (Å²) in [6.07, 6.45) is 3.53. The first-order valence-corrected chi connectivity index (χ1v) is 10.1. The van der Waals surface area contributed by atoms with Crippen molar-refractivity contribution < 1.29 is 9.53 Å². The van der Waals surface area contributed by atoms with Crippen molar-refractivity contribution in [3.8, 4) is 5.69 Å². The van der Waals surface area contributed by atoms with Gasteiger partial charge in [-0.05, 0) is 31.4 Å². The lowest BCUT2D eigenvalue weighted by molar-refractivity contribution is 0.00172. The molecule has 0 N–H and O–H groups in total. The molecule has 1 aromatic carbocycles. The molecule has 1 aliphatic rings. The highest BCUT2D eigenvalue weighted by molar-refractivity contribution is 6.37. The van der Waals surface area contributed by atoms with Crippen molar-refractivity contribution in [2.24, 2.45) is 0 Å². The molecule has 1 aromatic heterocycles. The summed E-state index contributed by atoms with van der Waals surface area (Å²) >= 11 is 12.6. The molecule has 8 heteroatoms. The Morgan fingerprint density at radius 3 is 2.70 bits per heavy atom. The fraction of sp³-hybridized carbons (Fsp3) is 0.526. The van der Waals surface area contributed by atoms with Crippen LogP contribution < -0.4 is 0 Å². The zero-order valence-electron chi connectivity index (χ0n) is 15.6. The second-order valence-electron chi connectivity index (χ2n) is 6.57. The Bertz CT molecular complexity index is 789. The van der Waals surface area contributed by atoms with E-state index in [-0.39, 0.29) is 17.8 Å². The summed E-state index contributed by atoms with van der Waals surface area (Å²) in [6, 6.07) is 5.25. The fourth-order valence-corrected chi connectivity index (χ4v) is 3.78. The van der Waals surface area contributed by atoms with Gasteiger partial charge in [0.15, 0.2) is 0 Å². The second-order valence-corrected chi connectivity index (χ2v) is 7.39. The van der Waals surface area contributed by atoms with Gasteiger partial charge >= 0.3 is 0 Å². The molecule has 1 unspecified atom stereocenters. The number of halogens is 2. The third kappa shape index (κ3) is 4.45. The van der Waals surface area contributed by atoms with Crippen molar-refractivity contribution in [1.82, 2.24) is 19.7 Å². The zero-order valence-corrected chi connectivity index (χ0v) is 17.1. The second kappa shape index (κ2) is 9.04. The maximum Gasteiger partial charge on any atom is 0.293 e. The van der Waals surface area contributed by atoms with Gasteiger partial charge in [0.25, 0.3) is 5.91 Å². The molecule has 2 heterocycles. The third-order valence-electron chi connectivity index (χ3n) is 4.55. The monoisotopic (exact) mass is 410 g/mol. The van der Waals surface area contributed by atoms with Crippen LogP contribution in [0.15, 0.2) is 18.2 Å². The average molecular weight is 411 g/mol. The Morgan fingerprint density at radius 2 is 2.04 bits per heavy atom. The van der Waals surface area contributed by atoms with Gasteiger partial charge in [-0.1, -0.05) is 43.1 Å². The molecule has 3 rings (SSSR count). The Morgan fingerprint density at radius 1 is 1.30 bits per heavy atom. The average Bonchev–Trinajstić information content (AvgIpc) is 3.10. The number of aryl methyl sites for hydroxylation is 1. The van der Waals surface area contributed by atoms with E-state index in [1.807, 2.05) is 6.92 Å². The van der Waals surface area contributed by atoms with Crippen LogP contribution in [0.4, 0.5) is 0 Å². The maximum absolute atomic E-state index is 13.0. The number of hydrogen-bond donors (Lipinski definition) is 0. The van der Waals surface area contributed by atoms with E-state index in [2.05, 4.69) is 17.0 Å². The molecule has 0 bridgehead atoms. The van der Waals surface area contributed by atoms with Gasteiger partial charge in [-0.3, -0.25) is 4.79 Å². The number of piperidine rings is 1. The number of ether oxygens (including phenoxy) is 1. The number of nitrogens with zero attached hydrogens (tertiary/aromatic N) is 4. The van der Waals surface area contributed by atoms with Crippen LogP contribution in [-0.2, 0) is 11.2 Å². The summed E-state index contributed by atoms with van der Waals surface area (Å²) in [4.78, 5) is 19.2. The number of benzene rings is 1. The topological polar surface area (TPSA) is 60.2 Å². The molecule has 0 radical (unpaired) electrons. The van der Waals surface area contributed by atoms with E-state index in [1.54, 1.807) is 27.8 Å². The van der Waals surface area contributed by atoms with Gasteiger partial charge in [-0.2, -0.15) is 0 Å². The quantitative estimate of drug-likeness (QED) is 0.716. The first-order chi connectivity index (χ1) is 13.0. The summed E-state index contributed by atoms with van der Waals surface area (Å²) in [5.74, 6) is 0.625. The van der Waals surface area contributed by atoms with Gasteiger partial charge < -0.3 is 9.64 Å². The van der Waals surface area contributed by atoms with Crippen LogP contribution in [0.3, 0.4) is 0 Å². The van der Waals surface area contributed by atoms with E-state index in [1.165, 1.54) is 0 Å². The summed E-state index contributed by atoms with van der Waals surface area (Å²) in [6.45, 7) is 6.00. The van der Waals surface area contributed by atoms with Crippen molar-refractivity contribution in [3.63, 3.8) is 0 Å². The molecule has 6 nitrogen and oxygen atoms in total. The summed E-state index contributed by atoms with van der Waals surface area (Å²) in [5.41, 5.74) is 0.548. The molecule has 1 saturated heterocycles. The summed E-state index contributed by atoms with van der Waals surface area (Å²) in [7, 11) is 0. The molecule has 1 fully saturated rings. The molecule has 2 aromatic rings. The van der Waals surface area contributed by atoms with Gasteiger partial charge in [0.1, 0.15) is 11.5 Å². The van der Waals surface area contributed by atoms with E-state index in [9.17, 15) is 4.79 Å². The van der Waals surface area contributed by atoms with Crippen molar-refractivity contribution >= 4 is 29.1 Å². The highest BCUT2D eigenvalue weighted by Gasteiger charge is 2.28. The van der Waals surface area contributed by atoms with Gasteiger partial charge in [0.2, 0.25) is 5.82 Å². The standard InChI is InChI=1S/C19H24Cl2N4O2/c1-3-11-27-13-7-6-10-24(12-13)19(26)18-22-16(4-2)25(23-18)17-14(20)8-5-9-15(17)21/h5,8-9,13H,3-4,6-7,10-12H2,1-2H3. The van der Waals surface area contributed by atoms with Crippen LogP contribution in [0.1, 0.15) is 49.6 Å². The number of carbonyl (C=O) groups is 1. The number of carbonyl (C=O) groups excluding carboxylic acids is 1. The molecular formula is C19H24Cl2N4O2. The minimum absolute atomic E-state index is 0.0772. The first-order valence-electron chi connectivity index (χ1n) is 9.36. The van der Waals surface area contributed by atoms with E-state index >= 15 is 0 Å². The van der Waals surface area contributed by atoms with E-state index in [4.69, 9.17) is 27.9 Å². The Labute approximate surface area is 169 Å². The van der Waals surface area contributed by atoms with Gasteiger partial charge in [-0.25, -0.2) is 9.67 Å². The highest BCUT2D eigenvalue weighted by atomic mass is 35.5. The minimum atomic E-state index is -0.184. The molecule has 1 aliphatic heterocycles. The largest absolute Gasteiger partial charge is 0.376 e. The maximum atomic E-state index is 13.0. The number of hydrogen-bond acceptors (Lipinski definition) is 4. The molecule has 0 saturated carbocycles. The van der Waals surface area contributed by atoms with Crippen LogP contribution >= 0.6 is 23.2 Å². The van der Waals surface area contributed by atoms with Crippen molar-refractivity contribution in [3.05, 3.63) is 39.9 Å². The van der Waals surface area contributed by atoms with Crippen LogP contribution in [0.5, 0.6) is 0 Å². The van der Waals surface area contributed by atoms with Gasteiger partial charge in [0.05, 0.1) is 16.1 Å². The predicted octanol–water partition coefficient (Wildman–Crippen LogP) is 4.17. The van der Waals surface area contributed by atoms with Crippen molar-refractivity contribution in [2.75, 3.05) is 19.7 Å². The van der Waals surface area contributed by atoms with Crippen molar-refractivity contribution in [2.45, 2.75) is 45.6 Å². The van der Waals surface area contributed by atoms with Crippen LogP contribution in [0.25, 0.3) is 5.69 Å². The van der Waals surface area contributed by atoms with E-state index in [0.717, 1.165) is 19.3 Å². The lowest BCUT2D eigenvalue weighted by Crippen LogP contribution is -2.43. The first kappa shape index (κ1) is 20.1. The molecule has 1 amide bonds. The summed E-state index contributed by atoms with van der Waals surface area (Å²) < 4.78 is 7.40. The number of likely N-dealkylation sites (tertiary alicyclic amines) is 1. The molecule has 146 valence electrons. The fourth-order valence-electron chi connectivity index (χ4n) is 3.22. The van der Waals surface area contributed by atoms with Gasteiger partial charge in [-0.15, -0.1) is 5.10 Å². The Kier molecular flexibility index (Phi) is 6.73. The van der Waals surface area contributed by atoms with Crippen LogP contribution in [0, 0.1) is 0 Å². The number of aromatic nitrogens is 3. The lowest BCUT2D eigenvalue weighted by Gasteiger charge is -2.31. The molecule has 0 spiro atoms. The number of rotatable bonds is 6. The van der Waals surface area contributed by atoms with Gasteiger partial charge in [0, 0.05) is 26.1 Å². The molecular weight excluding hydrogens is 387 g/mol. The number of para-hydroxylation sites is 1. The Hall–Kier alpha value is -1.63. The van der Waals surface area contributed by atoms with Crippen LogP contribution in [-0.4, -0.2) is 51.4 Å². The van der Waals surface area contributed by atoms with Crippen LogP contribution in [0.2, 0.25) is 10.0 Å². The highest BCUT2D eigenvalue weighted by Crippen LogP contribution is 2.29. The van der Waals surface area contributed by atoms with Crippen molar-refractivity contribution in [1.29, 1.82) is 0 Å². The third-order valence-corrected chi connectivity index (χ3v) is 5.16. The normalized spacial score (nSPS) is 17.3. The predicted molar refractivity (Wildman–Crippen MR) is 106 cm³/mol. The Balaban J connectivity index is 1.85. The SMILES string of the molecule is CCCOC1CCCN(C(=O)c2nc(CC)n(-c3c(Cl)cccc3Cl)n2)C1. The summed E-state index contributed by atoms with van der Waals surface area (Å²) in [5, 5.41) is 5.37. The lowest BCUT2D eigenvalue weighted by atomic mass is 10.1. The van der Waals surface area contributed by atoms with E-state index < -0.39 is 0 Å². The molecule has 1 atom stereocenters. The van der Waals surface area contributed by atoms with E-state index in [0.29, 0.717) is 47.7 Å². The molecule has 0 aliphatic carbocycles.